The molecule has 0 aliphatic heterocycles. The molecule has 0 radical (unpaired) electrons. The summed E-state index contributed by atoms with van der Waals surface area (Å²) in [5.41, 5.74) is 0. The molecule has 0 aliphatic carbocycles. The van der Waals surface area contributed by atoms with Crippen LogP contribution in [0.15, 0.2) is 16.8 Å². The van der Waals surface area contributed by atoms with E-state index in [1.807, 2.05) is 6.92 Å². The van der Waals surface area contributed by atoms with Gasteiger partial charge in [0.25, 0.3) is 0 Å². The molecule has 0 atom stereocenters. The van der Waals surface area contributed by atoms with Crippen LogP contribution in [0.3, 0.4) is 0 Å². The van der Waals surface area contributed by atoms with Crippen LogP contribution in [-0.2, 0) is 6.54 Å². The van der Waals surface area contributed by atoms with Crippen LogP contribution in [0.1, 0.15) is 19.1 Å². The van der Waals surface area contributed by atoms with Gasteiger partial charge in [-0.1, -0.05) is 12.1 Å². The second-order valence-electron chi connectivity index (χ2n) is 3.70. The first-order valence-electron chi connectivity index (χ1n) is 6.02. The summed E-state index contributed by atoms with van der Waals surface area (Å²) in [4.78, 5) is 12.4. The zero-order chi connectivity index (χ0) is 13.5. The number of nitrogens with one attached hydrogen (secondary N) is 2. The molecule has 2 heterocycles. The molecule has 0 spiro atoms. The quantitative estimate of drug-likeness (QED) is 0.772. The molecular formula is C11H16N6O2. The molecule has 0 fully saturated rings. The van der Waals surface area contributed by atoms with Crippen LogP contribution in [0.2, 0.25) is 0 Å². The molecule has 102 valence electrons. The number of nitrogens with zero attached hydrogens (tertiary/aromatic N) is 4. The highest BCUT2D eigenvalue weighted by atomic mass is 16.5. The Morgan fingerprint density at radius 1 is 1.26 bits per heavy atom. The predicted molar refractivity (Wildman–Crippen MR) is 69.0 cm³/mol. The van der Waals surface area contributed by atoms with Crippen molar-refractivity contribution in [2.24, 2.45) is 0 Å². The van der Waals surface area contributed by atoms with Crippen molar-refractivity contribution in [3.05, 3.63) is 18.0 Å². The SMILES string of the molecule is CCCOc1nc(NC)nc(NCc2ccno2)n1. The van der Waals surface area contributed by atoms with Crippen LogP contribution < -0.4 is 15.4 Å². The number of aromatic nitrogens is 4. The normalized spacial score (nSPS) is 10.2. The van der Waals surface area contributed by atoms with Gasteiger partial charge in [-0.2, -0.15) is 15.0 Å². The van der Waals surface area contributed by atoms with Crippen molar-refractivity contribution in [2.45, 2.75) is 19.9 Å². The second-order valence-corrected chi connectivity index (χ2v) is 3.70. The van der Waals surface area contributed by atoms with Gasteiger partial charge in [0.2, 0.25) is 11.9 Å². The minimum atomic E-state index is 0.293. The van der Waals surface area contributed by atoms with Gasteiger partial charge >= 0.3 is 6.01 Å². The summed E-state index contributed by atoms with van der Waals surface area (Å²) >= 11 is 0. The summed E-state index contributed by atoms with van der Waals surface area (Å²) in [6, 6.07) is 2.06. The van der Waals surface area contributed by atoms with Crippen molar-refractivity contribution < 1.29 is 9.26 Å². The molecule has 0 saturated carbocycles. The van der Waals surface area contributed by atoms with E-state index in [-0.39, 0.29) is 0 Å². The third kappa shape index (κ3) is 3.80. The van der Waals surface area contributed by atoms with E-state index in [1.165, 1.54) is 0 Å². The number of rotatable bonds is 7. The molecule has 19 heavy (non-hydrogen) atoms. The van der Waals surface area contributed by atoms with Crippen molar-refractivity contribution >= 4 is 11.9 Å². The van der Waals surface area contributed by atoms with Crippen molar-refractivity contribution in [1.82, 2.24) is 20.1 Å². The first-order valence-corrected chi connectivity index (χ1v) is 6.02. The fraction of sp³-hybridized carbons (Fsp3) is 0.455. The van der Waals surface area contributed by atoms with Crippen LogP contribution in [0, 0.1) is 0 Å². The molecule has 0 saturated heterocycles. The van der Waals surface area contributed by atoms with Gasteiger partial charge in [0.15, 0.2) is 5.76 Å². The van der Waals surface area contributed by atoms with Crippen LogP contribution in [0.5, 0.6) is 6.01 Å². The zero-order valence-corrected chi connectivity index (χ0v) is 10.9. The van der Waals surface area contributed by atoms with Gasteiger partial charge in [0.1, 0.15) is 0 Å². The Morgan fingerprint density at radius 2 is 2.11 bits per heavy atom. The Labute approximate surface area is 110 Å². The lowest BCUT2D eigenvalue weighted by atomic mass is 10.4. The molecule has 0 aliphatic rings. The molecule has 8 nitrogen and oxygen atoms in total. The lowest BCUT2D eigenvalue weighted by Crippen LogP contribution is -2.09. The summed E-state index contributed by atoms with van der Waals surface area (Å²) in [7, 11) is 1.74. The number of anilines is 2. The molecule has 0 bridgehead atoms. The highest BCUT2D eigenvalue weighted by molar-refractivity contribution is 5.35. The van der Waals surface area contributed by atoms with E-state index in [4.69, 9.17) is 9.26 Å². The average Bonchev–Trinajstić information content (AvgIpc) is 2.96. The van der Waals surface area contributed by atoms with Gasteiger partial charge in [-0.15, -0.1) is 0 Å². The lowest BCUT2D eigenvalue weighted by molar-refractivity contribution is 0.292. The Morgan fingerprint density at radius 3 is 2.79 bits per heavy atom. The summed E-state index contributed by atoms with van der Waals surface area (Å²) in [5.74, 6) is 1.56. The van der Waals surface area contributed by atoms with Crippen molar-refractivity contribution in [3.63, 3.8) is 0 Å². The van der Waals surface area contributed by atoms with Gasteiger partial charge in [-0.3, -0.25) is 0 Å². The van der Waals surface area contributed by atoms with Crippen LogP contribution in [0.25, 0.3) is 0 Å². The highest BCUT2D eigenvalue weighted by Gasteiger charge is 2.07. The van der Waals surface area contributed by atoms with E-state index in [0.29, 0.717) is 36.8 Å². The van der Waals surface area contributed by atoms with Gasteiger partial charge in [0, 0.05) is 13.1 Å². The largest absolute Gasteiger partial charge is 0.463 e. The Kier molecular flexibility index (Phi) is 4.49. The molecule has 2 rings (SSSR count). The Bertz CT molecular complexity index is 502. The number of hydrogen-bond donors (Lipinski definition) is 2. The smallest absolute Gasteiger partial charge is 0.323 e. The van der Waals surface area contributed by atoms with Crippen molar-refractivity contribution in [3.8, 4) is 6.01 Å². The highest BCUT2D eigenvalue weighted by Crippen LogP contribution is 2.12. The van der Waals surface area contributed by atoms with E-state index in [1.54, 1.807) is 19.3 Å². The van der Waals surface area contributed by atoms with E-state index in [2.05, 4.69) is 30.7 Å². The van der Waals surface area contributed by atoms with Crippen LogP contribution in [0.4, 0.5) is 11.9 Å². The first kappa shape index (κ1) is 13.1. The monoisotopic (exact) mass is 264 g/mol. The predicted octanol–water partition coefficient (Wildman–Crippen LogP) is 1.30. The minimum Gasteiger partial charge on any atom is -0.463 e. The van der Waals surface area contributed by atoms with E-state index < -0.39 is 0 Å². The fourth-order valence-electron chi connectivity index (χ4n) is 1.30. The van der Waals surface area contributed by atoms with Gasteiger partial charge in [-0.25, -0.2) is 0 Å². The summed E-state index contributed by atoms with van der Waals surface area (Å²) in [5, 5.41) is 9.50. The van der Waals surface area contributed by atoms with E-state index in [9.17, 15) is 0 Å². The maximum Gasteiger partial charge on any atom is 0.323 e. The molecule has 2 aromatic heterocycles. The Hall–Kier alpha value is -2.38. The molecular weight excluding hydrogens is 248 g/mol. The van der Waals surface area contributed by atoms with Crippen LogP contribution in [-0.4, -0.2) is 33.8 Å². The Balaban J connectivity index is 2.05. The molecule has 2 aromatic rings. The zero-order valence-electron chi connectivity index (χ0n) is 10.9. The molecule has 2 N–H and O–H groups in total. The van der Waals surface area contributed by atoms with Crippen molar-refractivity contribution in [2.75, 3.05) is 24.3 Å². The topological polar surface area (TPSA) is 98.0 Å². The lowest BCUT2D eigenvalue weighted by Gasteiger charge is -2.07. The molecule has 8 heteroatoms. The maximum absolute atomic E-state index is 5.40. The maximum atomic E-state index is 5.40. The molecule has 0 amide bonds. The standard InChI is InChI=1S/C11H16N6O2/c1-3-6-18-11-16-9(12-2)15-10(17-11)13-7-8-4-5-14-19-8/h4-5H,3,6-7H2,1-2H3,(H2,12,13,15,16,17). The second kappa shape index (κ2) is 6.53. The first-order chi connectivity index (χ1) is 9.31. The molecule has 0 aromatic carbocycles. The number of hydrogen-bond acceptors (Lipinski definition) is 8. The fourth-order valence-corrected chi connectivity index (χ4v) is 1.30. The van der Waals surface area contributed by atoms with Gasteiger partial charge in [0.05, 0.1) is 19.3 Å². The third-order valence-electron chi connectivity index (χ3n) is 2.19. The van der Waals surface area contributed by atoms with E-state index >= 15 is 0 Å². The van der Waals surface area contributed by atoms with Gasteiger partial charge in [-0.05, 0) is 6.42 Å². The van der Waals surface area contributed by atoms with Gasteiger partial charge < -0.3 is 19.9 Å². The van der Waals surface area contributed by atoms with Crippen LogP contribution >= 0.6 is 0 Å². The third-order valence-corrected chi connectivity index (χ3v) is 2.19. The van der Waals surface area contributed by atoms with E-state index in [0.717, 1.165) is 6.42 Å². The summed E-state index contributed by atoms with van der Waals surface area (Å²) in [6.07, 6.45) is 2.47. The summed E-state index contributed by atoms with van der Waals surface area (Å²) < 4.78 is 10.4. The summed E-state index contributed by atoms with van der Waals surface area (Å²) in [6.45, 7) is 3.03. The number of ether oxygens (including phenoxy) is 1. The molecule has 0 unspecified atom stereocenters. The minimum absolute atomic E-state index is 0.293. The van der Waals surface area contributed by atoms with Crippen molar-refractivity contribution in [1.29, 1.82) is 0 Å². The average molecular weight is 264 g/mol.